The number of aromatic carboxylic acids is 1. The molecule has 2 heterocycles. The lowest BCUT2D eigenvalue weighted by atomic mass is 10.1. The molecule has 1 saturated heterocycles. The molecule has 0 saturated carbocycles. The van der Waals surface area contributed by atoms with Gasteiger partial charge in [0, 0.05) is 45.5 Å². The second-order valence-corrected chi connectivity index (χ2v) is 7.92. The molecule has 0 aliphatic carbocycles. The highest BCUT2D eigenvalue weighted by molar-refractivity contribution is 5.94. The van der Waals surface area contributed by atoms with Crippen LogP contribution in [0.5, 0.6) is 0 Å². The first-order valence-electron chi connectivity index (χ1n) is 10.8. The van der Waals surface area contributed by atoms with E-state index in [0.29, 0.717) is 25.5 Å². The molecule has 0 spiro atoms. The second kappa shape index (κ2) is 10.2. The molecule has 170 valence electrons. The van der Waals surface area contributed by atoms with Gasteiger partial charge in [-0.25, -0.2) is 14.2 Å². The Bertz CT molecular complexity index is 1130. The number of carboxylic acids is 1. The van der Waals surface area contributed by atoms with E-state index >= 15 is 0 Å². The van der Waals surface area contributed by atoms with Gasteiger partial charge in [0.15, 0.2) is 0 Å². The summed E-state index contributed by atoms with van der Waals surface area (Å²) in [4.78, 5) is 32.2. The largest absolute Gasteiger partial charge is 0.478 e. The first kappa shape index (κ1) is 22.4. The first-order valence-corrected chi connectivity index (χ1v) is 10.8. The molecule has 2 N–H and O–H groups in total. The third kappa shape index (κ3) is 5.53. The van der Waals surface area contributed by atoms with Crippen LogP contribution < -0.4 is 10.2 Å². The van der Waals surface area contributed by atoms with Crippen molar-refractivity contribution in [3.05, 3.63) is 94.9 Å². The number of pyridine rings is 1. The number of nitrogens with zero attached hydrogens (tertiary/aromatic N) is 3. The Balaban J connectivity index is 1.27. The number of rotatable bonds is 7. The Morgan fingerprint density at radius 2 is 1.58 bits per heavy atom. The van der Waals surface area contributed by atoms with E-state index in [1.807, 2.05) is 29.2 Å². The first-order chi connectivity index (χ1) is 16.0. The van der Waals surface area contributed by atoms with E-state index in [-0.39, 0.29) is 11.1 Å². The Morgan fingerprint density at radius 3 is 2.27 bits per heavy atom. The lowest BCUT2D eigenvalue weighted by Gasteiger charge is -2.35. The fraction of sp³-hybridized carbons (Fsp3) is 0.240. The van der Waals surface area contributed by atoms with E-state index < -0.39 is 17.7 Å². The van der Waals surface area contributed by atoms with Gasteiger partial charge in [-0.2, -0.15) is 0 Å². The highest BCUT2D eigenvalue weighted by Crippen LogP contribution is 2.20. The molecule has 0 bridgehead atoms. The fourth-order valence-corrected chi connectivity index (χ4v) is 3.88. The minimum atomic E-state index is -0.967. The molecular weight excluding hydrogens is 423 g/mol. The van der Waals surface area contributed by atoms with Crippen LogP contribution in [-0.2, 0) is 13.1 Å². The number of anilines is 1. The summed E-state index contributed by atoms with van der Waals surface area (Å²) >= 11 is 0. The molecule has 1 aromatic heterocycles. The summed E-state index contributed by atoms with van der Waals surface area (Å²) in [7, 11) is 0. The van der Waals surface area contributed by atoms with E-state index in [1.165, 1.54) is 12.1 Å². The van der Waals surface area contributed by atoms with Gasteiger partial charge in [0.1, 0.15) is 17.2 Å². The van der Waals surface area contributed by atoms with Crippen LogP contribution >= 0.6 is 0 Å². The highest BCUT2D eigenvalue weighted by atomic mass is 19.1. The Hall–Kier alpha value is -3.78. The minimum absolute atomic E-state index is 0.0365. The Morgan fingerprint density at radius 1 is 0.909 bits per heavy atom. The molecule has 7 nitrogen and oxygen atoms in total. The maximum Gasteiger partial charge on any atom is 0.339 e. The van der Waals surface area contributed by atoms with Gasteiger partial charge in [0.2, 0.25) is 0 Å². The summed E-state index contributed by atoms with van der Waals surface area (Å²) in [6, 6.07) is 17.1. The van der Waals surface area contributed by atoms with E-state index in [0.717, 1.165) is 30.8 Å². The van der Waals surface area contributed by atoms with Crippen LogP contribution in [0.15, 0.2) is 66.9 Å². The molecule has 0 radical (unpaired) electrons. The van der Waals surface area contributed by atoms with Gasteiger partial charge in [0.25, 0.3) is 5.91 Å². The van der Waals surface area contributed by atoms with Crippen LogP contribution in [0.1, 0.15) is 31.8 Å². The number of halogens is 1. The van der Waals surface area contributed by atoms with Crippen molar-refractivity contribution in [1.29, 1.82) is 0 Å². The molecule has 1 amide bonds. The predicted octanol–water partition coefficient (Wildman–Crippen LogP) is 3.17. The molecule has 1 fully saturated rings. The van der Waals surface area contributed by atoms with Crippen molar-refractivity contribution in [2.75, 3.05) is 31.1 Å². The SMILES string of the molecule is O=C(NCc1ccc(CN2CCN(c3ncccc3C(=O)O)CC2)cc1)c1ccccc1F. The highest BCUT2D eigenvalue weighted by Gasteiger charge is 2.22. The molecule has 1 aliphatic rings. The smallest absolute Gasteiger partial charge is 0.339 e. The third-order valence-electron chi connectivity index (χ3n) is 5.69. The molecule has 3 aromatic rings. The maximum atomic E-state index is 13.7. The predicted molar refractivity (Wildman–Crippen MR) is 123 cm³/mol. The third-order valence-corrected chi connectivity index (χ3v) is 5.69. The zero-order chi connectivity index (χ0) is 23.2. The zero-order valence-corrected chi connectivity index (χ0v) is 18.1. The van der Waals surface area contributed by atoms with Crippen molar-refractivity contribution >= 4 is 17.7 Å². The lowest BCUT2D eigenvalue weighted by molar-refractivity contribution is 0.0696. The molecular formula is C25H25FN4O3. The number of hydrogen-bond donors (Lipinski definition) is 2. The quantitative estimate of drug-likeness (QED) is 0.578. The van der Waals surface area contributed by atoms with Gasteiger partial charge >= 0.3 is 5.97 Å². The number of carbonyl (C=O) groups excluding carboxylic acids is 1. The average Bonchev–Trinajstić information content (AvgIpc) is 2.84. The topological polar surface area (TPSA) is 85.8 Å². The van der Waals surface area contributed by atoms with Gasteiger partial charge in [0.05, 0.1) is 5.56 Å². The number of carboxylic acid groups (broad SMARTS) is 1. The van der Waals surface area contributed by atoms with Crippen molar-refractivity contribution in [2.24, 2.45) is 0 Å². The normalized spacial score (nSPS) is 14.2. The number of nitrogens with one attached hydrogen (secondary N) is 1. The van der Waals surface area contributed by atoms with Crippen molar-refractivity contribution < 1.29 is 19.1 Å². The van der Waals surface area contributed by atoms with Crippen molar-refractivity contribution in [3.8, 4) is 0 Å². The number of benzene rings is 2. The monoisotopic (exact) mass is 448 g/mol. The summed E-state index contributed by atoms with van der Waals surface area (Å²) in [6.07, 6.45) is 1.62. The van der Waals surface area contributed by atoms with Crippen molar-refractivity contribution in [1.82, 2.24) is 15.2 Å². The van der Waals surface area contributed by atoms with Crippen LogP contribution in [0.3, 0.4) is 0 Å². The molecule has 0 atom stereocenters. The van der Waals surface area contributed by atoms with Crippen molar-refractivity contribution in [2.45, 2.75) is 13.1 Å². The van der Waals surface area contributed by atoms with Crippen LogP contribution in [-0.4, -0.2) is 53.0 Å². The number of amides is 1. The van der Waals surface area contributed by atoms with E-state index in [4.69, 9.17) is 0 Å². The van der Waals surface area contributed by atoms with Gasteiger partial charge in [-0.05, 0) is 35.4 Å². The van der Waals surface area contributed by atoms with E-state index in [2.05, 4.69) is 15.2 Å². The van der Waals surface area contributed by atoms with Gasteiger partial charge in [-0.1, -0.05) is 36.4 Å². The molecule has 2 aromatic carbocycles. The molecule has 8 heteroatoms. The van der Waals surface area contributed by atoms with Gasteiger partial charge in [-0.15, -0.1) is 0 Å². The lowest BCUT2D eigenvalue weighted by Crippen LogP contribution is -2.46. The standard InChI is InChI=1S/C25H25FN4O3/c26-22-6-2-1-4-20(22)24(31)28-16-18-7-9-19(10-8-18)17-29-12-14-30(15-13-29)23-21(25(32)33)5-3-11-27-23/h1-11H,12-17H2,(H,28,31)(H,32,33). The summed E-state index contributed by atoms with van der Waals surface area (Å²) in [6.45, 7) is 4.12. The maximum absolute atomic E-state index is 13.7. The average molecular weight is 448 g/mol. The molecule has 0 unspecified atom stereocenters. The zero-order valence-electron chi connectivity index (χ0n) is 18.1. The summed E-state index contributed by atoms with van der Waals surface area (Å²) in [5, 5.41) is 12.1. The number of aromatic nitrogens is 1. The van der Waals surface area contributed by atoms with Crippen molar-refractivity contribution in [3.63, 3.8) is 0 Å². The summed E-state index contributed by atoms with van der Waals surface area (Å²) in [5.74, 6) is -1.42. The molecule has 4 rings (SSSR count). The summed E-state index contributed by atoms with van der Waals surface area (Å²) in [5.41, 5.74) is 2.35. The van der Waals surface area contributed by atoms with Crippen LogP contribution in [0.2, 0.25) is 0 Å². The number of hydrogen-bond acceptors (Lipinski definition) is 5. The fourth-order valence-electron chi connectivity index (χ4n) is 3.88. The number of carbonyl (C=O) groups is 2. The second-order valence-electron chi connectivity index (χ2n) is 7.92. The summed E-state index contributed by atoms with van der Waals surface area (Å²) < 4.78 is 13.7. The van der Waals surface area contributed by atoms with Crippen LogP contribution in [0.4, 0.5) is 10.2 Å². The van der Waals surface area contributed by atoms with E-state index in [9.17, 15) is 19.1 Å². The molecule has 33 heavy (non-hydrogen) atoms. The van der Waals surface area contributed by atoms with Gasteiger partial charge < -0.3 is 15.3 Å². The van der Waals surface area contributed by atoms with Crippen LogP contribution in [0, 0.1) is 5.82 Å². The Kier molecular flexibility index (Phi) is 6.95. The van der Waals surface area contributed by atoms with Gasteiger partial charge in [-0.3, -0.25) is 9.69 Å². The molecule has 1 aliphatic heterocycles. The minimum Gasteiger partial charge on any atom is -0.478 e. The Labute approximate surface area is 191 Å². The van der Waals surface area contributed by atoms with E-state index in [1.54, 1.807) is 30.5 Å². The van der Waals surface area contributed by atoms with Crippen LogP contribution in [0.25, 0.3) is 0 Å². The number of piperazine rings is 1.